The lowest BCUT2D eigenvalue weighted by Gasteiger charge is -2.33. The quantitative estimate of drug-likeness (QED) is 0.366. The van der Waals surface area contributed by atoms with Crippen LogP contribution in [0.25, 0.3) is 0 Å². The highest BCUT2D eigenvalue weighted by molar-refractivity contribution is 8.93. The summed E-state index contributed by atoms with van der Waals surface area (Å²) in [4.78, 5) is 37.0. The molecular formula is C18H27BrN4O6. The lowest BCUT2D eigenvalue weighted by Crippen LogP contribution is -2.53. The van der Waals surface area contributed by atoms with Gasteiger partial charge in [0.25, 0.3) is 0 Å². The molecule has 0 radical (unpaired) electrons. The summed E-state index contributed by atoms with van der Waals surface area (Å²) in [6, 6.07) is 5.84. The maximum atomic E-state index is 12.1. The zero-order valence-electron chi connectivity index (χ0n) is 16.0. The van der Waals surface area contributed by atoms with Crippen LogP contribution >= 0.6 is 17.0 Å². The van der Waals surface area contributed by atoms with Gasteiger partial charge in [0.2, 0.25) is 0 Å². The van der Waals surface area contributed by atoms with Crippen molar-refractivity contribution in [2.24, 2.45) is 5.73 Å². The fraction of sp³-hybridized carbons (Fsp3) is 0.500. The summed E-state index contributed by atoms with van der Waals surface area (Å²) in [7, 11) is 0. The van der Waals surface area contributed by atoms with E-state index in [0.717, 1.165) is 5.56 Å². The number of aliphatic carboxylic acids is 2. The van der Waals surface area contributed by atoms with Gasteiger partial charge in [-0.05, 0) is 24.1 Å². The Morgan fingerprint density at radius 3 is 2.28 bits per heavy atom. The average molecular weight is 475 g/mol. The number of amides is 2. The normalized spacial score (nSPS) is 15.1. The number of halogens is 1. The van der Waals surface area contributed by atoms with Crippen molar-refractivity contribution in [2.45, 2.75) is 12.5 Å². The Morgan fingerprint density at radius 2 is 1.72 bits per heavy atom. The van der Waals surface area contributed by atoms with E-state index in [1.807, 2.05) is 0 Å². The Kier molecular flexibility index (Phi) is 10.4. The van der Waals surface area contributed by atoms with Crippen LogP contribution in [0.1, 0.15) is 5.56 Å². The number of ether oxygens (including phenoxy) is 1. The molecule has 1 aliphatic rings. The van der Waals surface area contributed by atoms with Gasteiger partial charge in [-0.3, -0.25) is 14.5 Å². The SMILES string of the molecule is Br.N[C@@H](Cc1ccc(OCCNC(=O)N2CCN(CC(=O)O)CC2)cc1)C(=O)O. The van der Waals surface area contributed by atoms with Crippen LogP contribution in [-0.4, -0.2) is 89.9 Å². The molecule has 1 heterocycles. The summed E-state index contributed by atoms with van der Waals surface area (Å²) in [5, 5.41) is 20.4. The summed E-state index contributed by atoms with van der Waals surface area (Å²) in [6.45, 7) is 2.66. The molecule has 10 nitrogen and oxygen atoms in total. The molecule has 1 fully saturated rings. The van der Waals surface area contributed by atoms with Crippen LogP contribution in [0.15, 0.2) is 24.3 Å². The van der Waals surface area contributed by atoms with Gasteiger partial charge in [-0.1, -0.05) is 12.1 Å². The van der Waals surface area contributed by atoms with Crippen molar-refractivity contribution >= 4 is 35.0 Å². The topological polar surface area (TPSA) is 145 Å². The van der Waals surface area contributed by atoms with Crippen molar-refractivity contribution in [2.75, 3.05) is 45.9 Å². The zero-order valence-corrected chi connectivity index (χ0v) is 17.7. The molecular weight excluding hydrogens is 448 g/mol. The molecule has 0 unspecified atom stereocenters. The molecule has 0 aromatic heterocycles. The monoisotopic (exact) mass is 474 g/mol. The molecule has 1 atom stereocenters. The summed E-state index contributed by atoms with van der Waals surface area (Å²) in [6.07, 6.45) is 0.241. The molecule has 1 aromatic carbocycles. The lowest BCUT2D eigenvalue weighted by molar-refractivity contribution is -0.139. The largest absolute Gasteiger partial charge is 0.492 e. The van der Waals surface area contributed by atoms with E-state index in [4.69, 9.17) is 20.7 Å². The zero-order chi connectivity index (χ0) is 20.5. The van der Waals surface area contributed by atoms with Crippen LogP contribution in [0, 0.1) is 0 Å². The van der Waals surface area contributed by atoms with Gasteiger partial charge >= 0.3 is 18.0 Å². The van der Waals surface area contributed by atoms with Crippen LogP contribution in [-0.2, 0) is 16.0 Å². The number of hydrogen-bond donors (Lipinski definition) is 4. The van der Waals surface area contributed by atoms with Crippen LogP contribution in [0.4, 0.5) is 4.79 Å². The standard InChI is InChI=1S/C18H26N4O6.BrH/c19-15(17(25)26)11-13-1-3-14(4-2-13)28-10-5-20-18(27)22-8-6-21(7-9-22)12-16(23)24;/h1-4,15H,5-12,19H2,(H,20,27)(H,23,24)(H,25,26);1H/t15-;/m0./s1. The Hall–Kier alpha value is -2.37. The maximum Gasteiger partial charge on any atom is 0.320 e. The lowest BCUT2D eigenvalue weighted by atomic mass is 10.1. The summed E-state index contributed by atoms with van der Waals surface area (Å²) in [5.41, 5.74) is 6.30. The van der Waals surface area contributed by atoms with E-state index in [1.54, 1.807) is 34.1 Å². The molecule has 29 heavy (non-hydrogen) atoms. The predicted molar refractivity (Wildman–Crippen MR) is 111 cm³/mol. The van der Waals surface area contributed by atoms with Crippen molar-refractivity contribution < 1.29 is 29.3 Å². The summed E-state index contributed by atoms with van der Waals surface area (Å²) < 4.78 is 5.56. The van der Waals surface area contributed by atoms with Crippen molar-refractivity contribution in [3.05, 3.63) is 29.8 Å². The Morgan fingerprint density at radius 1 is 1.10 bits per heavy atom. The van der Waals surface area contributed by atoms with Gasteiger partial charge in [0.15, 0.2) is 0 Å². The number of nitrogens with two attached hydrogens (primary N) is 1. The highest BCUT2D eigenvalue weighted by Gasteiger charge is 2.21. The number of benzene rings is 1. The molecule has 1 aliphatic heterocycles. The molecule has 0 spiro atoms. The van der Waals surface area contributed by atoms with Gasteiger partial charge in [-0.2, -0.15) is 0 Å². The first-order valence-electron chi connectivity index (χ1n) is 9.02. The number of carbonyl (C=O) groups is 3. The van der Waals surface area contributed by atoms with E-state index < -0.39 is 18.0 Å². The third-order valence-electron chi connectivity index (χ3n) is 4.36. The highest BCUT2D eigenvalue weighted by atomic mass is 79.9. The number of rotatable bonds is 9. The van der Waals surface area contributed by atoms with E-state index in [-0.39, 0.29) is 36.0 Å². The molecule has 11 heteroatoms. The Balaban J connectivity index is 0.00000420. The number of nitrogens with one attached hydrogen (secondary N) is 1. The van der Waals surface area contributed by atoms with Gasteiger partial charge in [0.1, 0.15) is 18.4 Å². The van der Waals surface area contributed by atoms with E-state index in [1.165, 1.54) is 0 Å². The molecule has 0 bridgehead atoms. The summed E-state index contributed by atoms with van der Waals surface area (Å²) in [5.74, 6) is -1.30. The minimum Gasteiger partial charge on any atom is -0.492 e. The third kappa shape index (κ3) is 8.67. The van der Waals surface area contributed by atoms with Gasteiger partial charge in [-0.25, -0.2) is 4.79 Å². The van der Waals surface area contributed by atoms with E-state index in [2.05, 4.69) is 5.32 Å². The predicted octanol–water partition coefficient (Wildman–Crippen LogP) is 0.00950. The van der Waals surface area contributed by atoms with E-state index in [0.29, 0.717) is 45.1 Å². The minimum absolute atomic E-state index is 0. The Bertz CT molecular complexity index is 679. The van der Waals surface area contributed by atoms with Crippen LogP contribution < -0.4 is 15.8 Å². The van der Waals surface area contributed by atoms with Gasteiger partial charge < -0.3 is 30.9 Å². The smallest absolute Gasteiger partial charge is 0.320 e. The molecule has 5 N–H and O–H groups in total. The second-order valence-electron chi connectivity index (χ2n) is 6.53. The number of nitrogens with zero attached hydrogens (tertiary/aromatic N) is 2. The van der Waals surface area contributed by atoms with Gasteiger partial charge in [0, 0.05) is 26.2 Å². The first-order chi connectivity index (χ1) is 13.3. The fourth-order valence-electron chi connectivity index (χ4n) is 2.80. The second kappa shape index (κ2) is 12.2. The summed E-state index contributed by atoms with van der Waals surface area (Å²) >= 11 is 0. The molecule has 1 saturated heterocycles. The molecule has 162 valence electrons. The number of hydrogen-bond acceptors (Lipinski definition) is 6. The van der Waals surface area contributed by atoms with Crippen molar-refractivity contribution in [3.8, 4) is 5.75 Å². The molecule has 2 rings (SSSR count). The average Bonchev–Trinajstić information content (AvgIpc) is 2.66. The van der Waals surface area contributed by atoms with Crippen LogP contribution in [0.3, 0.4) is 0 Å². The molecule has 2 amide bonds. The number of carboxylic acid groups (broad SMARTS) is 2. The maximum absolute atomic E-state index is 12.1. The number of carbonyl (C=O) groups excluding carboxylic acids is 1. The molecule has 0 aliphatic carbocycles. The first-order valence-corrected chi connectivity index (χ1v) is 9.02. The second-order valence-corrected chi connectivity index (χ2v) is 6.53. The number of urea groups is 1. The van der Waals surface area contributed by atoms with Crippen LogP contribution in [0.5, 0.6) is 5.75 Å². The third-order valence-corrected chi connectivity index (χ3v) is 4.36. The Labute approximate surface area is 179 Å². The van der Waals surface area contributed by atoms with Gasteiger partial charge in [0.05, 0.1) is 13.1 Å². The highest BCUT2D eigenvalue weighted by Crippen LogP contribution is 2.13. The first kappa shape index (κ1) is 24.7. The number of carboxylic acids is 2. The van der Waals surface area contributed by atoms with Crippen molar-refractivity contribution in [1.29, 1.82) is 0 Å². The van der Waals surface area contributed by atoms with Gasteiger partial charge in [-0.15, -0.1) is 17.0 Å². The minimum atomic E-state index is -1.04. The fourth-order valence-corrected chi connectivity index (χ4v) is 2.80. The van der Waals surface area contributed by atoms with Crippen molar-refractivity contribution in [1.82, 2.24) is 15.1 Å². The van der Waals surface area contributed by atoms with Crippen LogP contribution in [0.2, 0.25) is 0 Å². The van der Waals surface area contributed by atoms with E-state index >= 15 is 0 Å². The number of piperazine rings is 1. The molecule has 0 saturated carbocycles. The van der Waals surface area contributed by atoms with E-state index in [9.17, 15) is 14.4 Å². The molecule has 1 aromatic rings. The van der Waals surface area contributed by atoms with Crippen molar-refractivity contribution in [3.63, 3.8) is 0 Å².